The number of anilines is 6. The fourth-order valence-corrected chi connectivity index (χ4v) is 17.5. The molecule has 4 heterocycles. The molecule has 0 N–H and O–H groups in total. The van der Waals surface area contributed by atoms with E-state index in [4.69, 9.17) is 0 Å². The number of para-hydroxylation sites is 2. The summed E-state index contributed by atoms with van der Waals surface area (Å²) < 4.78 is 5.04. The fourth-order valence-electron chi connectivity index (χ4n) is 17.5. The van der Waals surface area contributed by atoms with E-state index in [-0.39, 0.29) is 33.8 Å². The van der Waals surface area contributed by atoms with Crippen LogP contribution in [0.5, 0.6) is 0 Å². The SMILES string of the molecule is CC(C)(C)c1cc2c3c(c1)N(c1c(-c4ccccc4)cccc1-c1ccccc1)c1cc(-n4c5ccc(C(C)(C)C)cc5c5cc(C(C)(C)C)ccc54)ccc1B3c1ccc(-c3ccc(-n4c5ccc(C(C)(C)C)cc5c5cc(C(C)(C)C)ccc54)cc3)cc1N2c1c(-c2ccccc2)cccc1-c1ccccc1. The van der Waals surface area contributed by atoms with Crippen LogP contribution >= 0.6 is 0 Å². The maximum absolute atomic E-state index is 2.71. The molecular weight excluding hydrogens is 1320 g/mol. The molecule has 0 saturated heterocycles. The van der Waals surface area contributed by atoms with Crippen LogP contribution in [-0.4, -0.2) is 15.8 Å². The highest BCUT2D eigenvalue weighted by Gasteiger charge is 2.46. The zero-order chi connectivity index (χ0) is 75.4. The highest BCUT2D eigenvalue weighted by Crippen LogP contribution is 2.55. The molecule has 16 aromatic rings. The van der Waals surface area contributed by atoms with Gasteiger partial charge in [-0.3, -0.25) is 0 Å². The first-order valence-electron chi connectivity index (χ1n) is 39.1. The average Bonchev–Trinajstić information content (AvgIpc) is 1.27. The van der Waals surface area contributed by atoms with E-state index in [0.717, 1.165) is 101 Å². The molecule has 18 rings (SSSR count). The Hall–Kier alpha value is -11.7. The summed E-state index contributed by atoms with van der Waals surface area (Å²) >= 11 is 0. The summed E-state index contributed by atoms with van der Waals surface area (Å²) in [6.07, 6.45) is 0. The maximum Gasteiger partial charge on any atom is 0.252 e. The molecule has 0 aliphatic carbocycles. The van der Waals surface area contributed by atoms with E-state index >= 15 is 0 Å². The van der Waals surface area contributed by atoms with E-state index in [0.29, 0.717) is 0 Å². The lowest BCUT2D eigenvalue weighted by atomic mass is 9.33. The van der Waals surface area contributed by atoms with Crippen molar-refractivity contribution in [2.24, 2.45) is 0 Å². The Kier molecular flexibility index (Phi) is 16.2. The summed E-state index contributed by atoms with van der Waals surface area (Å²) in [5, 5.41) is 5.10. The molecule has 534 valence electrons. The Morgan fingerprint density at radius 3 is 0.862 bits per heavy atom. The van der Waals surface area contributed by atoms with Gasteiger partial charge >= 0.3 is 0 Å². The lowest BCUT2D eigenvalue weighted by Crippen LogP contribution is -2.61. The molecule has 5 heteroatoms. The van der Waals surface area contributed by atoms with Crippen LogP contribution in [0.2, 0.25) is 0 Å². The van der Waals surface area contributed by atoms with Gasteiger partial charge in [0.15, 0.2) is 0 Å². The van der Waals surface area contributed by atoms with Crippen molar-refractivity contribution >= 4 is 101 Å². The first kappa shape index (κ1) is 69.1. The number of benzene rings is 14. The quantitative estimate of drug-likeness (QED) is 0.134. The molecule has 14 aromatic carbocycles. The lowest BCUT2D eigenvalue weighted by molar-refractivity contribution is 0.590. The normalized spacial score (nSPS) is 13.2. The van der Waals surface area contributed by atoms with Crippen molar-refractivity contribution in [1.29, 1.82) is 0 Å². The summed E-state index contributed by atoms with van der Waals surface area (Å²) in [6, 6.07) is 117. The molecule has 0 unspecified atom stereocenters. The molecule has 2 aliphatic heterocycles. The van der Waals surface area contributed by atoms with Crippen LogP contribution in [0.1, 0.15) is 132 Å². The molecular formula is C104H95BN4. The molecule has 4 nitrogen and oxygen atoms in total. The van der Waals surface area contributed by atoms with E-state index in [2.05, 4.69) is 426 Å². The third-order valence-corrected chi connectivity index (χ3v) is 23.5. The predicted octanol–water partition coefficient (Wildman–Crippen LogP) is 26.8. The summed E-state index contributed by atoms with van der Waals surface area (Å²) in [5.74, 6) is 0. The molecule has 0 radical (unpaired) electrons. The highest BCUT2D eigenvalue weighted by atomic mass is 15.2. The van der Waals surface area contributed by atoms with Gasteiger partial charge in [-0.05, 0) is 196 Å². The summed E-state index contributed by atoms with van der Waals surface area (Å²) in [6.45, 7) is 34.9. The van der Waals surface area contributed by atoms with Crippen LogP contribution in [0.25, 0.3) is 111 Å². The monoisotopic (exact) mass is 1410 g/mol. The molecule has 0 spiro atoms. The fraction of sp³-hybridized carbons (Fsp3) is 0.192. The number of rotatable bonds is 9. The number of hydrogen-bond acceptors (Lipinski definition) is 2. The smallest absolute Gasteiger partial charge is 0.252 e. The Bertz CT molecular complexity index is 6020. The first-order valence-corrected chi connectivity index (χ1v) is 39.1. The summed E-state index contributed by atoms with van der Waals surface area (Å²) in [7, 11) is 0. The van der Waals surface area contributed by atoms with Gasteiger partial charge in [0.05, 0.1) is 33.4 Å². The van der Waals surface area contributed by atoms with Crippen molar-refractivity contribution in [3.05, 3.63) is 331 Å². The number of nitrogens with zero attached hydrogens (tertiary/aromatic N) is 4. The number of hydrogen-bond donors (Lipinski definition) is 0. The Morgan fingerprint density at radius 2 is 0.523 bits per heavy atom. The van der Waals surface area contributed by atoms with Crippen molar-refractivity contribution in [2.45, 2.75) is 131 Å². The van der Waals surface area contributed by atoms with Crippen molar-refractivity contribution in [3.8, 4) is 67.0 Å². The first-order chi connectivity index (χ1) is 52.2. The molecule has 0 bridgehead atoms. The number of fused-ring (bicyclic) bond motifs is 10. The average molecular weight is 1410 g/mol. The van der Waals surface area contributed by atoms with Gasteiger partial charge in [0.25, 0.3) is 6.71 Å². The zero-order valence-electron chi connectivity index (χ0n) is 65.7. The summed E-state index contributed by atoms with van der Waals surface area (Å²) in [5.41, 5.74) is 35.3. The van der Waals surface area contributed by atoms with Gasteiger partial charge in [-0.1, -0.05) is 316 Å². The Labute approximate surface area is 644 Å². The minimum absolute atomic E-state index is 0.00317. The second-order valence-corrected chi connectivity index (χ2v) is 35.8. The van der Waals surface area contributed by atoms with Gasteiger partial charge in [0.1, 0.15) is 0 Å². The molecule has 0 saturated carbocycles. The Morgan fingerprint density at radius 1 is 0.220 bits per heavy atom. The Balaban J connectivity index is 0.940. The molecule has 2 aromatic heterocycles. The van der Waals surface area contributed by atoms with Gasteiger partial charge in [0.2, 0.25) is 0 Å². The van der Waals surface area contributed by atoms with Gasteiger partial charge in [-0.2, -0.15) is 0 Å². The number of aromatic nitrogens is 2. The standard InChI is InChI=1S/C104H95BN4/c1-100(2,3)72-45-54-89-83(59-72)84-60-73(101(4,5)6)46-55-90(84)106(89)77-49-42-66(43-50-77)71-44-52-87-93(58-71)108(98-79(67-30-20-16-21-31-67)38-28-39-80(98)68-32-22-17-23-33-68)95-63-76(104(13,14)15)64-96-97(95)105(87)88-53-51-78(107-91-56-47-74(102(7,8)9)61-85(91)86-62-75(103(10,11)12)48-57-92(86)107)65-94(88)109(96)99-81(69-34-24-18-25-35-69)40-29-41-82(99)70-36-26-19-27-37-70/h16-65H,1-15H3. The predicted molar refractivity (Wildman–Crippen MR) is 470 cm³/mol. The third kappa shape index (κ3) is 11.7. The van der Waals surface area contributed by atoms with Gasteiger partial charge in [-0.15, -0.1) is 0 Å². The summed E-state index contributed by atoms with van der Waals surface area (Å²) in [4.78, 5) is 5.41. The van der Waals surface area contributed by atoms with Crippen LogP contribution in [-0.2, 0) is 27.1 Å². The lowest BCUT2D eigenvalue weighted by Gasteiger charge is -2.46. The second kappa shape index (κ2) is 25.5. The van der Waals surface area contributed by atoms with Crippen molar-refractivity contribution in [1.82, 2.24) is 9.13 Å². The van der Waals surface area contributed by atoms with Gasteiger partial charge in [-0.25, -0.2) is 0 Å². The molecule has 2 aliphatic rings. The van der Waals surface area contributed by atoms with Crippen LogP contribution in [0.15, 0.2) is 303 Å². The van der Waals surface area contributed by atoms with Crippen LogP contribution in [0, 0.1) is 0 Å². The van der Waals surface area contributed by atoms with Crippen molar-refractivity contribution in [2.75, 3.05) is 9.80 Å². The van der Waals surface area contributed by atoms with Crippen LogP contribution in [0.3, 0.4) is 0 Å². The second-order valence-electron chi connectivity index (χ2n) is 35.8. The largest absolute Gasteiger partial charge is 0.310 e. The highest BCUT2D eigenvalue weighted by molar-refractivity contribution is 7.00. The van der Waals surface area contributed by atoms with E-state index in [1.165, 1.54) is 87.8 Å². The molecule has 109 heavy (non-hydrogen) atoms. The molecule has 0 fully saturated rings. The van der Waals surface area contributed by atoms with Crippen LogP contribution in [0.4, 0.5) is 34.1 Å². The van der Waals surface area contributed by atoms with Gasteiger partial charge < -0.3 is 18.9 Å². The van der Waals surface area contributed by atoms with Gasteiger partial charge in [0, 0.05) is 77.9 Å². The minimum Gasteiger partial charge on any atom is -0.310 e. The van der Waals surface area contributed by atoms with Crippen LogP contribution < -0.4 is 26.2 Å². The topological polar surface area (TPSA) is 16.3 Å². The van der Waals surface area contributed by atoms with E-state index in [9.17, 15) is 0 Å². The van der Waals surface area contributed by atoms with E-state index < -0.39 is 0 Å². The molecule has 0 atom stereocenters. The third-order valence-electron chi connectivity index (χ3n) is 23.5. The van der Waals surface area contributed by atoms with E-state index in [1.807, 2.05) is 0 Å². The molecule has 0 amide bonds. The van der Waals surface area contributed by atoms with Crippen molar-refractivity contribution in [3.63, 3.8) is 0 Å². The van der Waals surface area contributed by atoms with E-state index in [1.54, 1.807) is 0 Å². The zero-order valence-corrected chi connectivity index (χ0v) is 65.7. The van der Waals surface area contributed by atoms with Crippen molar-refractivity contribution < 1.29 is 0 Å². The minimum atomic E-state index is -0.312. The maximum atomic E-state index is 2.71.